The zero-order chi connectivity index (χ0) is 49.9. The van der Waals surface area contributed by atoms with Crippen molar-refractivity contribution in [2.75, 3.05) is 25.5 Å². The first-order valence-corrected chi connectivity index (χ1v) is 42.1. The van der Waals surface area contributed by atoms with Gasteiger partial charge in [0.05, 0.1) is 4.90 Å². The van der Waals surface area contributed by atoms with E-state index < -0.39 is 80.5 Å². The molecule has 1 N–H and O–H groups in total. The Morgan fingerprint density at radius 1 is 0.456 bits per heavy atom. The van der Waals surface area contributed by atoms with Gasteiger partial charge < -0.3 is 54.3 Å². The molecule has 0 spiro atoms. The molecule has 25 heteroatoms. The fraction of sp³-hybridized carbons (Fsp3) is 0.767. The number of hydrogen-bond donors (Lipinski definition) is 1. The maximum atomic E-state index is 14.1. The molecule has 0 amide bonds. The highest BCUT2D eigenvalue weighted by atomic mass is 32.2. The van der Waals surface area contributed by atoms with E-state index in [1.807, 2.05) is 43.3 Å². The molecule has 386 valence electrons. The van der Waals surface area contributed by atoms with Crippen molar-refractivity contribution < 1.29 is 57.8 Å². The third kappa shape index (κ3) is 12.4. The highest BCUT2D eigenvalue weighted by Gasteiger charge is 2.83. The van der Waals surface area contributed by atoms with Crippen molar-refractivity contribution in [2.45, 2.75) is 157 Å². The largest absolute Gasteiger partial charge is 0.479 e. The van der Waals surface area contributed by atoms with Gasteiger partial charge in [0.1, 0.15) is 0 Å². The summed E-state index contributed by atoms with van der Waals surface area (Å²) in [7, 11) is -32.7. The summed E-state index contributed by atoms with van der Waals surface area (Å²) in [5.41, 5.74) is 1.01. The molecule has 0 aliphatic carbocycles. The van der Waals surface area contributed by atoms with Gasteiger partial charge in [0.2, 0.25) is 10.0 Å². The number of anilines is 1. The fourth-order valence-electron chi connectivity index (χ4n) is 10.3. The molecule has 16 nitrogen and oxygen atoms in total. The molecule has 0 unspecified atom stereocenters. The van der Waals surface area contributed by atoms with Gasteiger partial charge in [0, 0.05) is 80.1 Å². The third-order valence-electron chi connectivity index (χ3n) is 11.9. The van der Waals surface area contributed by atoms with E-state index in [4.69, 9.17) is 49.4 Å². The summed E-state index contributed by atoms with van der Waals surface area (Å²) in [4.78, 5) is 2.20. The van der Waals surface area contributed by atoms with E-state index in [-0.39, 0.29) is 65.3 Å². The number of nitrogens with one attached hydrogen (secondary N) is 1. The van der Waals surface area contributed by atoms with Crippen LogP contribution in [-0.2, 0) is 59.4 Å². The van der Waals surface area contributed by atoms with Gasteiger partial charge in [0.15, 0.2) is 0 Å². The average molecular weight is 1110 g/mol. The smallest absolute Gasteiger partial charge is 0.377 e. The molecule has 0 aromatic heterocycles. The lowest BCUT2D eigenvalue weighted by atomic mass is 10.1. The van der Waals surface area contributed by atoms with Crippen LogP contribution < -0.4 is 9.62 Å². The first-order valence-electron chi connectivity index (χ1n) is 25.1. The molecule has 6 heterocycles. The van der Waals surface area contributed by atoms with Gasteiger partial charge in [-0.3, -0.25) is 0 Å². The van der Waals surface area contributed by atoms with Crippen molar-refractivity contribution in [3.63, 3.8) is 0 Å². The fourth-order valence-corrected chi connectivity index (χ4v) is 63.0. The normalized spacial score (nSPS) is 35.0. The van der Waals surface area contributed by atoms with Crippen LogP contribution in [0.15, 0.2) is 41.3 Å². The molecule has 6 aliphatic rings. The topological polar surface area (TPSA) is 160 Å². The second kappa shape index (κ2) is 20.4. The molecule has 0 saturated carbocycles. The molecule has 6 fully saturated rings. The number of fused-ring (bicyclic) bond motifs is 1. The average Bonchev–Trinajstić information content (AvgIpc) is 3.10. The first kappa shape index (κ1) is 55.4. The summed E-state index contributed by atoms with van der Waals surface area (Å²) in [5, 5.41) is 1.80. The number of sulfonamides is 1. The quantitative estimate of drug-likeness (QED) is 0.0929. The van der Waals surface area contributed by atoms with Crippen LogP contribution in [0.4, 0.5) is 5.69 Å². The van der Waals surface area contributed by atoms with E-state index in [0.717, 1.165) is 16.5 Å². The molecular formula is C43H82N2O14SSi8. The lowest BCUT2D eigenvalue weighted by Crippen LogP contribution is -2.88. The van der Waals surface area contributed by atoms with Gasteiger partial charge in [-0.15, -0.1) is 0 Å². The number of hydrogen-bond acceptors (Lipinski definition) is 15. The van der Waals surface area contributed by atoms with E-state index in [2.05, 4.69) is 102 Å². The lowest BCUT2D eigenvalue weighted by Gasteiger charge is -2.64. The second-order valence-electron chi connectivity index (χ2n) is 22.9. The van der Waals surface area contributed by atoms with Crippen LogP contribution in [0.3, 0.4) is 0 Å². The van der Waals surface area contributed by atoms with Crippen molar-refractivity contribution in [3.05, 3.63) is 36.4 Å². The van der Waals surface area contributed by atoms with Gasteiger partial charge in [-0.05, 0) is 71.4 Å². The molecule has 6 saturated heterocycles. The second-order valence-corrected chi connectivity index (χ2v) is 48.8. The van der Waals surface area contributed by atoms with E-state index in [9.17, 15) is 8.42 Å². The van der Waals surface area contributed by atoms with Crippen molar-refractivity contribution in [2.24, 2.45) is 41.4 Å². The summed E-state index contributed by atoms with van der Waals surface area (Å²) in [6.45, 7) is 29.9. The third-order valence-corrected chi connectivity index (χ3v) is 53.4. The monoisotopic (exact) mass is 1110 g/mol. The van der Waals surface area contributed by atoms with Crippen LogP contribution in [0.1, 0.15) is 103 Å². The summed E-state index contributed by atoms with van der Waals surface area (Å²) >= 11 is 0. The minimum Gasteiger partial charge on any atom is -0.377 e. The van der Waals surface area contributed by atoms with Gasteiger partial charge in [0.25, 0.3) is 0 Å². The molecule has 2 aromatic rings. The van der Waals surface area contributed by atoms with E-state index in [1.165, 1.54) is 0 Å². The SMILES string of the molecule is CC(C)C[Si]12O[Si]3(CCCNS(=O)(=O)c4ccc5c(N(C)C)cccc5c4)O[Si]4(CC(C)C)O[Si](CC(C)C)(O1)O[Si]1(CC(C)C)O[Si](CC(C)C)(O2)O[Si](CC(C)C)(O3)O[Si](CC(C)C)(O4)O1. The van der Waals surface area contributed by atoms with Crippen LogP contribution in [0.5, 0.6) is 0 Å². The number of benzene rings is 2. The summed E-state index contributed by atoms with van der Waals surface area (Å²) < 4.78 is 125. The van der Waals surface area contributed by atoms with Crippen molar-refractivity contribution in [1.29, 1.82) is 0 Å². The number of rotatable bonds is 21. The van der Waals surface area contributed by atoms with Crippen LogP contribution in [0, 0.1) is 41.4 Å². The van der Waals surface area contributed by atoms with Gasteiger partial charge in [-0.1, -0.05) is 115 Å². The van der Waals surface area contributed by atoms with E-state index in [0.29, 0.717) is 42.3 Å². The Balaban J connectivity index is 1.42. The maximum absolute atomic E-state index is 14.1. The Labute approximate surface area is 417 Å². The van der Waals surface area contributed by atoms with Crippen LogP contribution in [0.25, 0.3) is 10.8 Å². The standard InChI is InChI=1S/C43H82N2O14SSi8/c1-33(2)26-62-48-61(24-18-23-44-60(46,47)41-21-22-42-40(25-41)19-17-20-43(42)45(15)16)49-63(27-34(3)4)53-65(51-62,29-36(7)8)57-68(32-39(13)14)58-66(52-62,30-37(9)10)54-64(50-61,28-35(5)6)56-67(55-63,59-68)31-38(11)12/h17,19-22,25,33-39,44H,18,23-24,26-32H2,1-16H3. The Bertz CT molecular complexity index is 2060. The Morgan fingerprint density at radius 3 is 1.06 bits per heavy atom. The summed E-state index contributed by atoms with van der Waals surface area (Å²) in [6.07, 6.45) is 0.278. The maximum Gasteiger partial charge on any atom is 0.479 e. The Hall–Kier alpha value is -0.335. The van der Waals surface area contributed by atoms with E-state index >= 15 is 0 Å². The molecule has 8 bridgehead atoms. The van der Waals surface area contributed by atoms with Gasteiger partial charge in [-0.2, -0.15) is 0 Å². The predicted octanol–water partition coefficient (Wildman–Crippen LogP) is 9.94. The summed E-state index contributed by atoms with van der Waals surface area (Å²) in [5.74, 6) is 0.315. The molecule has 0 radical (unpaired) electrons. The Morgan fingerprint density at radius 2 is 0.765 bits per heavy atom. The Kier molecular flexibility index (Phi) is 16.6. The zero-order valence-corrected chi connectivity index (χ0v) is 52.5. The van der Waals surface area contributed by atoms with Crippen LogP contribution in [-0.4, -0.2) is 99.5 Å². The van der Waals surface area contributed by atoms with Crippen molar-refractivity contribution in [1.82, 2.24) is 4.72 Å². The predicted molar refractivity (Wildman–Crippen MR) is 279 cm³/mol. The minimum absolute atomic E-state index is 0.0226. The molecular weight excluding hydrogens is 1030 g/mol. The van der Waals surface area contributed by atoms with Crippen molar-refractivity contribution in [3.8, 4) is 0 Å². The highest BCUT2D eigenvalue weighted by molar-refractivity contribution is 7.89. The molecule has 0 atom stereocenters. The summed E-state index contributed by atoms with van der Waals surface area (Å²) in [6, 6.07) is 14.1. The number of nitrogens with zero attached hydrogens (tertiary/aromatic N) is 1. The first-order chi connectivity index (χ1) is 31.5. The van der Waals surface area contributed by atoms with Crippen LogP contribution >= 0.6 is 0 Å². The van der Waals surface area contributed by atoms with Gasteiger partial charge >= 0.3 is 70.4 Å². The molecule has 2 aromatic carbocycles. The van der Waals surface area contributed by atoms with Gasteiger partial charge in [-0.25, -0.2) is 13.1 Å². The molecule has 8 rings (SSSR count). The van der Waals surface area contributed by atoms with Crippen LogP contribution in [0.2, 0.25) is 48.4 Å². The molecule has 6 aliphatic heterocycles. The zero-order valence-electron chi connectivity index (χ0n) is 43.6. The minimum atomic E-state index is -4.26. The van der Waals surface area contributed by atoms with E-state index in [1.54, 1.807) is 12.1 Å². The highest BCUT2D eigenvalue weighted by Crippen LogP contribution is 2.56. The van der Waals surface area contributed by atoms with Crippen molar-refractivity contribution >= 4 is 96.9 Å². The molecule has 68 heavy (non-hydrogen) atoms. The lowest BCUT2D eigenvalue weighted by molar-refractivity contribution is -0.0341.